The number of hydrogen-bond donors (Lipinski definition) is 2. The van der Waals surface area contributed by atoms with Crippen molar-refractivity contribution in [3.8, 4) is 0 Å². The van der Waals surface area contributed by atoms with E-state index in [2.05, 4.69) is 17.6 Å². The molecule has 0 saturated carbocycles. The van der Waals surface area contributed by atoms with Gasteiger partial charge in [0.15, 0.2) is 5.11 Å². The van der Waals surface area contributed by atoms with Crippen LogP contribution in [-0.2, 0) is 6.42 Å². The molecule has 0 fully saturated rings. The topological polar surface area (TPSA) is 24.1 Å². The summed E-state index contributed by atoms with van der Waals surface area (Å²) in [6.45, 7) is 2.08. The standard InChI is InChI=1S/C15H15FN2S/c1-2-11-7-3-5-9-13(11)17-15(19)18-14-10-6-4-8-12(14)16/h3-10H,2H2,1H3,(H2,17,18,19). The van der Waals surface area contributed by atoms with Gasteiger partial charge in [-0.1, -0.05) is 37.3 Å². The third-order valence-corrected chi connectivity index (χ3v) is 2.97. The van der Waals surface area contributed by atoms with Gasteiger partial charge in [0.2, 0.25) is 0 Å². The Bertz CT molecular complexity index is 584. The molecule has 2 N–H and O–H groups in total. The number of benzene rings is 2. The maximum absolute atomic E-state index is 13.5. The average Bonchev–Trinajstić information content (AvgIpc) is 2.42. The number of halogens is 1. The monoisotopic (exact) mass is 274 g/mol. The number of aryl methyl sites for hydroxylation is 1. The van der Waals surface area contributed by atoms with E-state index < -0.39 is 0 Å². The van der Waals surface area contributed by atoms with Gasteiger partial charge in [-0.3, -0.25) is 0 Å². The van der Waals surface area contributed by atoms with Gasteiger partial charge in [0.25, 0.3) is 0 Å². The first kappa shape index (κ1) is 13.5. The van der Waals surface area contributed by atoms with Gasteiger partial charge in [-0.15, -0.1) is 0 Å². The Morgan fingerprint density at radius 3 is 2.26 bits per heavy atom. The largest absolute Gasteiger partial charge is 0.332 e. The van der Waals surface area contributed by atoms with E-state index in [4.69, 9.17) is 12.2 Å². The molecule has 4 heteroatoms. The zero-order valence-electron chi connectivity index (χ0n) is 10.6. The summed E-state index contributed by atoms with van der Waals surface area (Å²) in [5.41, 5.74) is 2.48. The normalized spacial score (nSPS) is 10.0. The van der Waals surface area contributed by atoms with Gasteiger partial charge in [-0.25, -0.2) is 4.39 Å². The van der Waals surface area contributed by atoms with Crippen LogP contribution in [0.3, 0.4) is 0 Å². The third kappa shape index (κ3) is 3.51. The maximum atomic E-state index is 13.5. The highest BCUT2D eigenvalue weighted by Gasteiger charge is 2.05. The molecule has 2 aromatic carbocycles. The zero-order valence-corrected chi connectivity index (χ0v) is 11.4. The molecule has 0 radical (unpaired) electrons. The van der Waals surface area contributed by atoms with Crippen molar-refractivity contribution >= 4 is 28.7 Å². The molecular formula is C15H15FN2S. The fraction of sp³-hybridized carbons (Fsp3) is 0.133. The van der Waals surface area contributed by atoms with Gasteiger partial charge in [0.05, 0.1) is 5.69 Å². The van der Waals surface area contributed by atoms with Crippen molar-refractivity contribution in [2.45, 2.75) is 13.3 Å². The molecule has 0 amide bonds. The van der Waals surface area contributed by atoms with Gasteiger partial charge in [0, 0.05) is 5.69 Å². The highest BCUT2D eigenvalue weighted by atomic mass is 32.1. The zero-order chi connectivity index (χ0) is 13.7. The summed E-state index contributed by atoms with van der Waals surface area (Å²) in [6, 6.07) is 14.4. The van der Waals surface area contributed by atoms with Gasteiger partial charge in [0.1, 0.15) is 5.82 Å². The first-order valence-electron chi connectivity index (χ1n) is 6.11. The second kappa shape index (κ2) is 6.29. The van der Waals surface area contributed by atoms with Gasteiger partial charge in [-0.2, -0.15) is 0 Å². The van der Waals surface area contributed by atoms with Gasteiger partial charge >= 0.3 is 0 Å². The Morgan fingerprint density at radius 2 is 1.58 bits per heavy atom. The van der Waals surface area contributed by atoms with Crippen LogP contribution in [-0.4, -0.2) is 5.11 Å². The highest BCUT2D eigenvalue weighted by Crippen LogP contribution is 2.17. The molecule has 0 aliphatic carbocycles. The molecule has 2 aromatic rings. The predicted molar refractivity (Wildman–Crippen MR) is 82.1 cm³/mol. The smallest absolute Gasteiger partial charge is 0.175 e. The molecule has 0 spiro atoms. The lowest BCUT2D eigenvalue weighted by Crippen LogP contribution is -2.20. The van der Waals surface area contributed by atoms with E-state index in [9.17, 15) is 4.39 Å². The van der Waals surface area contributed by atoms with E-state index in [1.165, 1.54) is 11.6 Å². The molecule has 0 aromatic heterocycles. The molecule has 0 aliphatic rings. The Balaban J connectivity index is 2.08. The van der Waals surface area contributed by atoms with E-state index in [0.29, 0.717) is 10.8 Å². The highest BCUT2D eigenvalue weighted by molar-refractivity contribution is 7.80. The van der Waals surface area contributed by atoms with E-state index in [1.807, 2.05) is 24.3 Å². The fourth-order valence-electron chi connectivity index (χ4n) is 1.79. The molecule has 0 aliphatic heterocycles. The first-order chi connectivity index (χ1) is 9.20. The second-order valence-electron chi connectivity index (χ2n) is 4.07. The van der Waals surface area contributed by atoms with Crippen molar-refractivity contribution in [1.29, 1.82) is 0 Å². The molecule has 2 nitrogen and oxygen atoms in total. The van der Waals surface area contributed by atoms with Crippen LogP contribution in [0.2, 0.25) is 0 Å². The molecule has 98 valence electrons. The first-order valence-corrected chi connectivity index (χ1v) is 6.52. The Hall–Kier alpha value is -1.94. The molecule has 0 bridgehead atoms. The predicted octanol–water partition coefficient (Wildman–Crippen LogP) is 4.20. The molecule has 0 unspecified atom stereocenters. The number of para-hydroxylation sites is 2. The Morgan fingerprint density at radius 1 is 1.00 bits per heavy atom. The number of thiocarbonyl (C=S) groups is 1. The summed E-state index contributed by atoms with van der Waals surface area (Å²) >= 11 is 5.20. The van der Waals surface area contributed by atoms with Crippen LogP contribution in [0, 0.1) is 5.82 Å². The lowest BCUT2D eigenvalue weighted by molar-refractivity contribution is 0.632. The van der Waals surface area contributed by atoms with Gasteiger partial charge in [-0.05, 0) is 42.4 Å². The molecule has 0 heterocycles. The van der Waals surface area contributed by atoms with Crippen molar-refractivity contribution in [3.05, 3.63) is 59.9 Å². The number of hydrogen-bond acceptors (Lipinski definition) is 1. The summed E-state index contributed by atoms with van der Waals surface area (Å²) in [4.78, 5) is 0. The van der Waals surface area contributed by atoms with Crippen LogP contribution in [0.4, 0.5) is 15.8 Å². The second-order valence-corrected chi connectivity index (χ2v) is 4.48. The number of anilines is 2. The van der Waals surface area contributed by atoms with Crippen LogP contribution < -0.4 is 10.6 Å². The summed E-state index contributed by atoms with van der Waals surface area (Å²) in [5.74, 6) is -0.324. The fourth-order valence-corrected chi connectivity index (χ4v) is 2.01. The summed E-state index contributed by atoms with van der Waals surface area (Å²) in [5, 5.41) is 6.33. The molecule has 19 heavy (non-hydrogen) atoms. The van der Waals surface area contributed by atoms with E-state index in [0.717, 1.165) is 12.1 Å². The number of rotatable bonds is 3. The summed E-state index contributed by atoms with van der Waals surface area (Å²) in [7, 11) is 0. The van der Waals surface area contributed by atoms with Crippen molar-refractivity contribution in [2.75, 3.05) is 10.6 Å². The average molecular weight is 274 g/mol. The van der Waals surface area contributed by atoms with Crippen LogP contribution in [0.25, 0.3) is 0 Å². The minimum absolute atomic E-state index is 0.324. The van der Waals surface area contributed by atoms with E-state index in [1.54, 1.807) is 18.2 Å². The number of nitrogens with one attached hydrogen (secondary N) is 2. The van der Waals surface area contributed by atoms with E-state index >= 15 is 0 Å². The minimum Gasteiger partial charge on any atom is -0.332 e. The third-order valence-electron chi connectivity index (χ3n) is 2.77. The van der Waals surface area contributed by atoms with Crippen molar-refractivity contribution in [2.24, 2.45) is 0 Å². The lowest BCUT2D eigenvalue weighted by atomic mass is 10.1. The molecular weight excluding hydrogens is 259 g/mol. The van der Waals surface area contributed by atoms with Crippen molar-refractivity contribution in [3.63, 3.8) is 0 Å². The Kier molecular flexibility index (Phi) is 4.47. The van der Waals surface area contributed by atoms with E-state index in [-0.39, 0.29) is 5.82 Å². The van der Waals surface area contributed by atoms with Crippen molar-refractivity contribution < 1.29 is 4.39 Å². The van der Waals surface area contributed by atoms with Crippen LogP contribution >= 0.6 is 12.2 Å². The van der Waals surface area contributed by atoms with Crippen molar-refractivity contribution in [1.82, 2.24) is 0 Å². The van der Waals surface area contributed by atoms with Gasteiger partial charge < -0.3 is 10.6 Å². The molecule has 2 rings (SSSR count). The maximum Gasteiger partial charge on any atom is 0.175 e. The Labute approximate surface area is 117 Å². The lowest BCUT2D eigenvalue weighted by Gasteiger charge is -2.13. The molecule has 0 saturated heterocycles. The van der Waals surface area contributed by atoms with Crippen LogP contribution in [0.5, 0.6) is 0 Å². The SMILES string of the molecule is CCc1ccccc1NC(=S)Nc1ccccc1F. The molecule has 0 atom stereocenters. The van der Waals surface area contributed by atoms with Crippen LogP contribution in [0.1, 0.15) is 12.5 Å². The quantitative estimate of drug-likeness (QED) is 0.820. The minimum atomic E-state index is -0.324. The van der Waals surface area contributed by atoms with Crippen LogP contribution in [0.15, 0.2) is 48.5 Å². The summed E-state index contributed by atoms with van der Waals surface area (Å²) in [6.07, 6.45) is 0.908. The summed E-state index contributed by atoms with van der Waals surface area (Å²) < 4.78 is 13.5.